The minimum atomic E-state index is -0.360. The van der Waals surface area contributed by atoms with Crippen molar-refractivity contribution in [2.75, 3.05) is 11.6 Å². The number of aryl methyl sites for hydroxylation is 1. The van der Waals surface area contributed by atoms with Gasteiger partial charge in [-0.3, -0.25) is 9.36 Å². The number of rotatable bonds is 6. The van der Waals surface area contributed by atoms with E-state index >= 15 is 0 Å². The number of carbonyl (C=O) groups is 1. The largest absolute Gasteiger partial charge is 0.334 e. The Morgan fingerprint density at radius 3 is 2.59 bits per heavy atom. The lowest BCUT2D eigenvalue weighted by molar-refractivity contribution is 0.102. The van der Waals surface area contributed by atoms with E-state index in [0.29, 0.717) is 39.5 Å². The number of halogens is 1. The van der Waals surface area contributed by atoms with E-state index in [1.807, 2.05) is 45.2 Å². The maximum atomic E-state index is 13.4. The summed E-state index contributed by atoms with van der Waals surface area (Å²) >= 11 is 1.39. The Balaban J connectivity index is 1.73. The van der Waals surface area contributed by atoms with Crippen molar-refractivity contribution in [2.45, 2.75) is 31.8 Å². The molecule has 32 heavy (non-hydrogen) atoms. The molecule has 4 rings (SSSR count). The number of carbonyl (C=O) groups excluding carboxylic acids is 1. The molecule has 0 saturated carbocycles. The molecule has 0 spiro atoms. The Hall–Kier alpha value is -3.46. The zero-order valence-corrected chi connectivity index (χ0v) is 18.9. The van der Waals surface area contributed by atoms with E-state index in [1.165, 1.54) is 30.1 Å². The molecule has 2 heterocycles. The van der Waals surface area contributed by atoms with Crippen LogP contribution in [-0.2, 0) is 0 Å². The lowest BCUT2D eigenvalue weighted by atomic mass is 10.1. The topological polar surface area (TPSA) is 85.8 Å². The molecule has 0 aliphatic rings. The van der Waals surface area contributed by atoms with E-state index in [1.54, 1.807) is 16.7 Å². The first-order valence-electron chi connectivity index (χ1n) is 10.0. The lowest BCUT2D eigenvalue weighted by Gasteiger charge is -2.14. The molecule has 2 aromatic heterocycles. The molecular weight excluding hydrogens is 429 g/mol. The van der Waals surface area contributed by atoms with E-state index in [9.17, 15) is 9.18 Å². The Morgan fingerprint density at radius 1 is 1.19 bits per heavy atom. The van der Waals surface area contributed by atoms with Crippen LogP contribution in [0.25, 0.3) is 17.1 Å². The van der Waals surface area contributed by atoms with Crippen LogP contribution in [0, 0.1) is 12.7 Å². The van der Waals surface area contributed by atoms with Gasteiger partial charge in [-0.1, -0.05) is 42.9 Å². The van der Waals surface area contributed by atoms with E-state index in [2.05, 4.69) is 20.4 Å². The van der Waals surface area contributed by atoms with Gasteiger partial charge in [0, 0.05) is 11.6 Å². The number of hydrogen-bond acceptors (Lipinski definition) is 6. The molecule has 1 N–H and O–H groups in total. The standard InChI is InChI=1S/C23H22FN5O2S/c1-13(2)20-27-22(31-28-20)17-7-5-6-14(3)19(17)26-21(30)18-12-25-23(32-4)29(18)16-10-8-15(24)9-11-16/h5-13H,1-4H3,(H,26,30). The summed E-state index contributed by atoms with van der Waals surface area (Å²) in [5, 5.41) is 7.63. The van der Waals surface area contributed by atoms with Gasteiger partial charge in [0.05, 0.1) is 17.4 Å². The predicted octanol–water partition coefficient (Wildman–Crippen LogP) is 5.47. The Labute approximate surface area is 189 Å². The Morgan fingerprint density at radius 2 is 1.94 bits per heavy atom. The SMILES string of the molecule is CSc1ncc(C(=O)Nc2c(C)cccc2-c2nc(C(C)C)no2)n1-c1ccc(F)cc1. The van der Waals surface area contributed by atoms with Crippen LogP contribution < -0.4 is 5.32 Å². The minimum Gasteiger partial charge on any atom is -0.334 e. The predicted molar refractivity (Wildman–Crippen MR) is 122 cm³/mol. The molecule has 1 amide bonds. The van der Waals surface area contributed by atoms with Gasteiger partial charge in [0.1, 0.15) is 11.5 Å². The third kappa shape index (κ3) is 4.16. The second kappa shape index (κ2) is 8.96. The average molecular weight is 452 g/mol. The van der Waals surface area contributed by atoms with Gasteiger partial charge in [0.15, 0.2) is 11.0 Å². The fourth-order valence-corrected chi connectivity index (χ4v) is 3.79. The second-order valence-electron chi connectivity index (χ2n) is 7.51. The molecule has 2 aromatic carbocycles. The fourth-order valence-electron chi connectivity index (χ4n) is 3.25. The summed E-state index contributed by atoms with van der Waals surface area (Å²) in [5.41, 5.74) is 3.02. The summed E-state index contributed by atoms with van der Waals surface area (Å²) in [4.78, 5) is 22.2. The van der Waals surface area contributed by atoms with Crippen LogP contribution in [-0.4, -0.2) is 31.9 Å². The molecule has 0 radical (unpaired) electrons. The first-order chi connectivity index (χ1) is 15.4. The first kappa shape index (κ1) is 21.8. The van der Waals surface area contributed by atoms with Gasteiger partial charge < -0.3 is 9.84 Å². The number of hydrogen-bond donors (Lipinski definition) is 1. The zero-order chi connectivity index (χ0) is 22.8. The molecule has 0 aliphatic carbocycles. The zero-order valence-electron chi connectivity index (χ0n) is 18.1. The Bertz CT molecular complexity index is 1260. The monoisotopic (exact) mass is 451 g/mol. The van der Waals surface area contributed by atoms with Crippen molar-refractivity contribution in [1.29, 1.82) is 0 Å². The highest BCUT2D eigenvalue weighted by atomic mass is 32.2. The van der Waals surface area contributed by atoms with Gasteiger partial charge in [-0.25, -0.2) is 9.37 Å². The number of imidazole rings is 1. The first-order valence-corrected chi connectivity index (χ1v) is 11.2. The summed E-state index contributed by atoms with van der Waals surface area (Å²) in [6.45, 7) is 5.85. The van der Waals surface area contributed by atoms with Crippen LogP contribution in [0.4, 0.5) is 10.1 Å². The number of aromatic nitrogens is 4. The van der Waals surface area contributed by atoms with Crippen LogP contribution in [0.15, 0.2) is 58.3 Å². The highest BCUT2D eigenvalue weighted by Crippen LogP contribution is 2.31. The average Bonchev–Trinajstić information content (AvgIpc) is 3.43. The maximum Gasteiger partial charge on any atom is 0.274 e. The summed E-state index contributed by atoms with van der Waals surface area (Å²) < 4.78 is 20.6. The normalized spacial score (nSPS) is 11.2. The van der Waals surface area contributed by atoms with Gasteiger partial charge in [-0.2, -0.15) is 4.98 Å². The third-order valence-corrected chi connectivity index (χ3v) is 5.58. The number of nitrogens with one attached hydrogen (secondary N) is 1. The maximum absolute atomic E-state index is 13.4. The summed E-state index contributed by atoms with van der Waals surface area (Å²) in [7, 11) is 0. The smallest absolute Gasteiger partial charge is 0.274 e. The number of thioether (sulfide) groups is 1. The lowest BCUT2D eigenvalue weighted by Crippen LogP contribution is -2.18. The highest BCUT2D eigenvalue weighted by Gasteiger charge is 2.22. The van der Waals surface area contributed by atoms with Crippen molar-refractivity contribution in [3.05, 3.63) is 71.6 Å². The van der Waals surface area contributed by atoms with Crippen molar-refractivity contribution < 1.29 is 13.7 Å². The molecular formula is C23H22FN5O2S. The summed E-state index contributed by atoms with van der Waals surface area (Å²) in [6, 6.07) is 11.5. The summed E-state index contributed by atoms with van der Waals surface area (Å²) in [5.74, 6) is 0.337. The molecule has 164 valence electrons. The van der Waals surface area contributed by atoms with Gasteiger partial charge in [0.25, 0.3) is 11.8 Å². The number of anilines is 1. The second-order valence-corrected chi connectivity index (χ2v) is 8.28. The van der Waals surface area contributed by atoms with E-state index in [0.717, 1.165) is 5.56 Å². The number of para-hydroxylation sites is 1. The molecule has 0 unspecified atom stereocenters. The molecule has 0 atom stereocenters. The fraction of sp³-hybridized carbons (Fsp3) is 0.217. The van der Waals surface area contributed by atoms with Crippen LogP contribution in [0.5, 0.6) is 0 Å². The highest BCUT2D eigenvalue weighted by molar-refractivity contribution is 7.98. The number of benzene rings is 2. The van der Waals surface area contributed by atoms with E-state index in [-0.39, 0.29) is 17.6 Å². The van der Waals surface area contributed by atoms with Crippen LogP contribution in [0.3, 0.4) is 0 Å². The van der Waals surface area contributed by atoms with Crippen molar-refractivity contribution in [1.82, 2.24) is 19.7 Å². The van der Waals surface area contributed by atoms with Crippen molar-refractivity contribution >= 4 is 23.4 Å². The minimum absolute atomic E-state index is 0.116. The Kier molecular flexibility index (Phi) is 6.09. The van der Waals surface area contributed by atoms with Crippen molar-refractivity contribution in [2.24, 2.45) is 0 Å². The molecule has 7 nitrogen and oxygen atoms in total. The van der Waals surface area contributed by atoms with Crippen LogP contribution >= 0.6 is 11.8 Å². The van der Waals surface area contributed by atoms with Gasteiger partial charge >= 0.3 is 0 Å². The van der Waals surface area contributed by atoms with E-state index in [4.69, 9.17) is 4.52 Å². The van der Waals surface area contributed by atoms with Gasteiger partial charge in [-0.05, 0) is 49.1 Å². The number of nitrogens with zero attached hydrogens (tertiary/aromatic N) is 4. The van der Waals surface area contributed by atoms with Crippen LogP contribution in [0.1, 0.15) is 41.6 Å². The molecule has 0 aliphatic heterocycles. The molecule has 0 fully saturated rings. The quantitative estimate of drug-likeness (QED) is 0.391. The van der Waals surface area contributed by atoms with Gasteiger partial charge in [0.2, 0.25) is 0 Å². The molecule has 4 aromatic rings. The third-order valence-electron chi connectivity index (χ3n) is 4.93. The van der Waals surface area contributed by atoms with Crippen molar-refractivity contribution in [3.63, 3.8) is 0 Å². The van der Waals surface area contributed by atoms with Crippen molar-refractivity contribution in [3.8, 4) is 17.1 Å². The molecule has 9 heteroatoms. The summed E-state index contributed by atoms with van der Waals surface area (Å²) in [6.07, 6.45) is 3.37. The van der Waals surface area contributed by atoms with E-state index < -0.39 is 0 Å². The molecule has 0 bridgehead atoms. The number of amides is 1. The molecule has 0 saturated heterocycles. The van der Waals surface area contributed by atoms with Gasteiger partial charge in [-0.15, -0.1) is 0 Å². The van der Waals surface area contributed by atoms with Crippen LogP contribution in [0.2, 0.25) is 0 Å².